The zero-order chi connectivity index (χ0) is 18.1. The number of benzene rings is 1. The smallest absolute Gasteiger partial charge is 0.329 e. The first kappa shape index (κ1) is 17.5. The molecule has 0 aliphatic heterocycles. The summed E-state index contributed by atoms with van der Waals surface area (Å²) in [6, 6.07) is 7.92. The minimum Gasteiger partial charge on any atom is -0.343 e. The topological polar surface area (TPSA) is 75.9 Å². The molecule has 2 aromatic heterocycles. The summed E-state index contributed by atoms with van der Waals surface area (Å²) in [5, 5.41) is 0. The van der Waals surface area contributed by atoms with Gasteiger partial charge in [-0.3, -0.25) is 18.9 Å². The van der Waals surface area contributed by atoms with Gasteiger partial charge in [0, 0.05) is 24.6 Å². The Kier molecular flexibility index (Phi) is 4.80. The minimum atomic E-state index is -0.462. The van der Waals surface area contributed by atoms with Gasteiger partial charge in [0.1, 0.15) is 0 Å². The lowest BCUT2D eigenvalue weighted by molar-refractivity contribution is 0.744. The van der Waals surface area contributed by atoms with Crippen LogP contribution in [-0.2, 0) is 13.6 Å². The largest absolute Gasteiger partial charge is 0.343 e. The Hall–Kier alpha value is -2.35. The van der Waals surface area contributed by atoms with Crippen LogP contribution < -0.4 is 16.1 Å². The predicted octanol–water partition coefficient (Wildman–Crippen LogP) is 2.08. The lowest BCUT2D eigenvalue weighted by atomic mass is 10.2. The molecule has 8 heteroatoms. The first-order valence-electron chi connectivity index (χ1n) is 8.15. The number of hydrogen-bond acceptors (Lipinski definition) is 4. The minimum absolute atomic E-state index is 0.394. The van der Waals surface area contributed by atoms with Crippen molar-refractivity contribution in [3.8, 4) is 0 Å². The van der Waals surface area contributed by atoms with Crippen LogP contribution in [0.15, 0.2) is 38.3 Å². The quantitative estimate of drug-likeness (QED) is 0.704. The Labute approximate surface area is 153 Å². The average Bonchev–Trinajstić information content (AvgIpc) is 2.94. The number of aromatic amines is 1. The summed E-state index contributed by atoms with van der Waals surface area (Å²) < 4.78 is 4.23. The van der Waals surface area contributed by atoms with E-state index in [4.69, 9.17) is 0 Å². The molecule has 0 saturated heterocycles. The van der Waals surface area contributed by atoms with E-state index in [1.54, 1.807) is 7.05 Å². The van der Waals surface area contributed by atoms with Crippen molar-refractivity contribution < 1.29 is 0 Å². The molecule has 0 radical (unpaired) electrons. The number of fused-ring (bicyclic) bond motifs is 1. The standard InChI is InChI=1S/C17H20BrN5O2/c1-4-22(5-2)16-19-14-13(15(24)20-17(25)21(14)3)23(16)10-11-7-6-8-12(18)9-11/h6-9H,4-5,10H2,1-3H3,(H,20,24,25). The highest BCUT2D eigenvalue weighted by atomic mass is 79.9. The van der Waals surface area contributed by atoms with E-state index in [0.29, 0.717) is 23.7 Å². The van der Waals surface area contributed by atoms with E-state index in [1.165, 1.54) is 4.57 Å². The van der Waals surface area contributed by atoms with Crippen LogP contribution >= 0.6 is 15.9 Å². The fraction of sp³-hybridized carbons (Fsp3) is 0.353. The van der Waals surface area contributed by atoms with Crippen molar-refractivity contribution in [2.75, 3.05) is 18.0 Å². The summed E-state index contributed by atoms with van der Waals surface area (Å²) >= 11 is 3.48. The molecule has 1 aromatic carbocycles. The van der Waals surface area contributed by atoms with Crippen LogP contribution in [0.2, 0.25) is 0 Å². The predicted molar refractivity (Wildman–Crippen MR) is 102 cm³/mol. The molecule has 3 aromatic rings. The number of H-pyrrole nitrogens is 1. The maximum atomic E-state index is 12.5. The maximum Gasteiger partial charge on any atom is 0.329 e. The van der Waals surface area contributed by atoms with E-state index in [-0.39, 0.29) is 0 Å². The van der Waals surface area contributed by atoms with Crippen molar-refractivity contribution in [2.24, 2.45) is 7.05 Å². The molecule has 0 fully saturated rings. The Morgan fingerprint density at radius 3 is 2.60 bits per heavy atom. The lowest BCUT2D eigenvalue weighted by Crippen LogP contribution is -2.29. The molecule has 132 valence electrons. The van der Waals surface area contributed by atoms with Gasteiger partial charge in [-0.2, -0.15) is 4.98 Å². The average molecular weight is 406 g/mol. The molecule has 0 amide bonds. The van der Waals surface area contributed by atoms with Gasteiger partial charge < -0.3 is 4.90 Å². The Balaban J connectivity index is 2.30. The van der Waals surface area contributed by atoms with Gasteiger partial charge in [0.25, 0.3) is 5.56 Å². The second kappa shape index (κ2) is 6.87. The molecule has 2 heterocycles. The van der Waals surface area contributed by atoms with Crippen LogP contribution in [0.5, 0.6) is 0 Å². The van der Waals surface area contributed by atoms with Gasteiger partial charge in [-0.05, 0) is 31.5 Å². The lowest BCUT2D eigenvalue weighted by Gasteiger charge is -2.21. The summed E-state index contributed by atoms with van der Waals surface area (Å²) in [6.45, 7) is 6.07. The van der Waals surface area contributed by atoms with E-state index >= 15 is 0 Å². The van der Waals surface area contributed by atoms with Crippen molar-refractivity contribution in [3.05, 3.63) is 55.1 Å². The summed E-state index contributed by atoms with van der Waals surface area (Å²) in [5.41, 5.74) is 0.958. The first-order valence-corrected chi connectivity index (χ1v) is 8.94. The van der Waals surface area contributed by atoms with E-state index in [2.05, 4.69) is 30.8 Å². The zero-order valence-electron chi connectivity index (χ0n) is 14.4. The molecule has 0 atom stereocenters. The number of rotatable bonds is 5. The number of imidazole rings is 1. The number of nitrogens with one attached hydrogen (secondary N) is 1. The Morgan fingerprint density at radius 2 is 1.96 bits per heavy atom. The summed E-state index contributed by atoms with van der Waals surface area (Å²) in [6.07, 6.45) is 0. The molecule has 7 nitrogen and oxygen atoms in total. The molecular formula is C17H20BrN5O2. The van der Waals surface area contributed by atoms with Gasteiger partial charge in [0.2, 0.25) is 5.95 Å². The highest BCUT2D eigenvalue weighted by molar-refractivity contribution is 9.10. The molecule has 0 bridgehead atoms. The second-order valence-electron chi connectivity index (χ2n) is 5.79. The second-order valence-corrected chi connectivity index (χ2v) is 6.71. The molecule has 0 aliphatic carbocycles. The van der Waals surface area contributed by atoms with E-state index < -0.39 is 11.2 Å². The highest BCUT2D eigenvalue weighted by Crippen LogP contribution is 2.22. The number of nitrogens with zero attached hydrogens (tertiary/aromatic N) is 4. The fourth-order valence-electron chi connectivity index (χ4n) is 2.94. The van der Waals surface area contributed by atoms with Gasteiger partial charge in [-0.15, -0.1) is 0 Å². The van der Waals surface area contributed by atoms with E-state index in [1.807, 2.05) is 42.7 Å². The monoisotopic (exact) mass is 405 g/mol. The van der Waals surface area contributed by atoms with Crippen molar-refractivity contribution >= 4 is 33.0 Å². The molecule has 0 aliphatic rings. The molecule has 0 unspecified atom stereocenters. The van der Waals surface area contributed by atoms with Crippen molar-refractivity contribution in [3.63, 3.8) is 0 Å². The molecule has 1 N–H and O–H groups in total. The molecular weight excluding hydrogens is 386 g/mol. The van der Waals surface area contributed by atoms with Gasteiger partial charge in [0.15, 0.2) is 11.2 Å². The van der Waals surface area contributed by atoms with Crippen molar-refractivity contribution in [1.82, 2.24) is 19.1 Å². The number of anilines is 1. The van der Waals surface area contributed by atoms with Gasteiger partial charge in [-0.25, -0.2) is 4.79 Å². The Morgan fingerprint density at radius 1 is 1.24 bits per heavy atom. The maximum absolute atomic E-state index is 12.5. The highest BCUT2D eigenvalue weighted by Gasteiger charge is 2.20. The van der Waals surface area contributed by atoms with Crippen LogP contribution in [-0.4, -0.2) is 32.2 Å². The van der Waals surface area contributed by atoms with Crippen LogP contribution in [0.25, 0.3) is 11.2 Å². The van der Waals surface area contributed by atoms with Crippen molar-refractivity contribution in [1.29, 1.82) is 0 Å². The molecule has 3 rings (SSSR count). The summed E-state index contributed by atoms with van der Waals surface area (Å²) in [7, 11) is 1.61. The van der Waals surface area contributed by atoms with Crippen molar-refractivity contribution in [2.45, 2.75) is 20.4 Å². The third-order valence-corrected chi connectivity index (χ3v) is 4.76. The van der Waals surface area contributed by atoms with Crippen LogP contribution in [0.4, 0.5) is 5.95 Å². The first-order chi connectivity index (χ1) is 12.0. The van der Waals surface area contributed by atoms with E-state index in [9.17, 15) is 9.59 Å². The van der Waals surface area contributed by atoms with Crippen LogP contribution in [0, 0.1) is 0 Å². The third kappa shape index (κ3) is 3.13. The SMILES string of the molecule is CCN(CC)c1nc2c(c(=O)[nH]c(=O)n2C)n1Cc1cccc(Br)c1. The third-order valence-electron chi connectivity index (χ3n) is 4.26. The number of halogens is 1. The summed E-state index contributed by atoms with van der Waals surface area (Å²) in [4.78, 5) is 33.5. The normalized spacial score (nSPS) is 11.2. The van der Waals surface area contributed by atoms with Crippen LogP contribution in [0.1, 0.15) is 19.4 Å². The number of hydrogen-bond donors (Lipinski definition) is 1. The Bertz CT molecular complexity index is 1030. The molecule has 0 saturated carbocycles. The molecule has 25 heavy (non-hydrogen) atoms. The van der Waals surface area contributed by atoms with Gasteiger partial charge in [0.05, 0.1) is 6.54 Å². The van der Waals surface area contributed by atoms with E-state index in [0.717, 1.165) is 23.1 Å². The van der Waals surface area contributed by atoms with Gasteiger partial charge >= 0.3 is 5.69 Å². The van der Waals surface area contributed by atoms with Gasteiger partial charge in [-0.1, -0.05) is 28.1 Å². The zero-order valence-corrected chi connectivity index (χ0v) is 16.0. The summed E-state index contributed by atoms with van der Waals surface area (Å²) in [5.74, 6) is 0.687. The molecule has 0 spiro atoms. The fourth-order valence-corrected chi connectivity index (χ4v) is 3.39. The number of aromatic nitrogens is 4. The van der Waals surface area contributed by atoms with Crippen LogP contribution in [0.3, 0.4) is 0 Å². The number of aryl methyl sites for hydroxylation is 1.